The molecular formula is C17H15N3. The molecular weight excluding hydrogens is 246 g/mol. The van der Waals surface area contributed by atoms with Crippen molar-refractivity contribution in [1.29, 1.82) is 10.5 Å². The van der Waals surface area contributed by atoms with Gasteiger partial charge in [0.1, 0.15) is 0 Å². The van der Waals surface area contributed by atoms with Crippen LogP contribution in [0.1, 0.15) is 19.4 Å². The first-order valence-corrected chi connectivity index (χ1v) is 6.39. The van der Waals surface area contributed by atoms with E-state index in [0.29, 0.717) is 11.1 Å². The third kappa shape index (κ3) is 2.63. The Labute approximate surface area is 119 Å². The van der Waals surface area contributed by atoms with Gasteiger partial charge < -0.3 is 5.32 Å². The smallest absolute Gasteiger partial charge is 0.0975 e. The van der Waals surface area contributed by atoms with Gasteiger partial charge in [0.2, 0.25) is 0 Å². The molecule has 0 aromatic heterocycles. The van der Waals surface area contributed by atoms with Crippen LogP contribution in [-0.2, 0) is 0 Å². The zero-order valence-corrected chi connectivity index (χ0v) is 11.5. The van der Waals surface area contributed by atoms with Gasteiger partial charge in [0.05, 0.1) is 29.2 Å². The van der Waals surface area contributed by atoms with Gasteiger partial charge in [-0.2, -0.15) is 10.5 Å². The fraction of sp³-hybridized carbons (Fsp3) is 0.176. The van der Waals surface area contributed by atoms with E-state index in [1.54, 1.807) is 0 Å². The number of nitrogens with zero attached hydrogens (tertiary/aromatic N) is 2. The van der Waals surface area contributed by atoms with Gasteiger partial charge in [0, 0.05) is 11.4 Å². The van der Waals surface area contributed by atoms with E-state index in [-0.39, 0.29) is 5.92 Å². The highest BCUT2D eigenvalue weighted by molar-refractivity contribution is 5.56. The summed E-state index contributed by atoms with van der Waals surface area (Å²) in [5.74, 6) is -0.272. The number of rotatable bonds is 2. The Bertz CT molecular complexity index is 643. The van der Waals surface area contributed by atoms with Crippen LogP contribution in [-0.4, -0.2) is 0 Å². The lowest BCUT2D eigenvalue weighted by atomic mass is 9.86. The number of allylic oxidation sites excluding steroid dienone is 5. The van der Waals surface area contributed by atoms with E-state index in [1.807, 2.05) is 56.3 Å². The molecule has 98 valence electrons. The van der Waals surface area contributed by atoms with Gasteiger partial charge in [-0.3, -0.25) is 0 Å². The van der Waals surface area contributed by atoms with Crippen molar-refractivity contribution in [3.8, 4) is 12.1 Å². The van der Waals surface area contributed by atoms with E-state index in [1.165, 1.54) is 0 Å². The molecule has 0 saturated carbocycles. The highest BCUT2D eigenvalue weighted by atomic mass is 14.9. The van der Waals surface area contributed by atoms with Crippen LogP contribution in [0.15, 0.2) is 58.9 Å². The standard InChI is InChI=1S/C17H15N3/c1-12-16(10-18)15(17(11-19)13(2)20-12)9-8-14-6-4-3-5-7-14/h3-9,15,20H,1-2H3/b9-8+. The minimum Gasteiger partial charge on any atom is -0.361 e. The van der Waals surface area contributed by atoms with Crippen LogP contribution in [0.5, 0.6) is 0 Å². The molecule has 1 aliphatic heterocycles. The monoisotopic (exact) mass is 261 g/mol. The van der Waals surface area contributed by atoms with E-state index in [4.69, 9.17) is 0 Å². The van der Waals surface area contributed by atoms with E-state index in [0.717, 1.165) is 17.0 Å². The molecule has 0 amide bonds. The van der Waals surface area contributed by atoms with Crippen molar-refractivity contribution in [1.82, 2.24) is 5.32 Å². The lowest BCUT2D eigenvalue weighted by Gasteiger charge is -2.23. The van der Waals surface area contributed by atoms with Crippen LogP contribution in [0.4, 0.5) is 0 Å². The average Bonchev–Trinajstić information content (AvgIpc) is 2.46. The molecule has 1 aliphatic rings. The van der Waals surface area contributed by atoms with E-state index in [9.17, 15) is 10.5 Å². The lowest BCUT2D eigenvalue weighted by molar-refractivity contribution is 0.799. The Morgan fingerprint density at radius 3 is 2.05 bits per heavy atom. The van der Waals surface area contributed by atoms with Crippen molar-refractivity contribution >= 4 is 6.08 Å². The van der Waals surface area contributed by atoms with Crippen molar-refractivity contribution < 1.29 is 0 Å². The maximum absolute atomic E-state index is 9.31. The minimum atomic E-state index is -0.272. The molecule has 0 fully saturated rings. The lowest BCUT2D eigenvalue weighted by Crippen LogP contribution is -2.23. The van der Waals surface area contributed by atoms with Gasteiger partial charge in [-0.15, -0.1) is 0 Å². The molecule has 20 heavy (non-hydrogen) atoms. The van der Waals surface area contributed by atoms with Crippen molar-refractivity contribution in [3.05, 3.63) is 64.5 Å². The quantitative estimate of drug-likeness (QED) is 0.886. The molecule has 0 unspecified atom stereocenters. The zero-order chi connectivity index (χ0) is 14.5. The minimum absolute atomic E-state index is 0.272. The summed E-state index contributed by atoms with van der Waals surface area (Å²) in [6.07, 6.45) is 3.87. The van der Waals surface area contributed by atoms with E-state index >= 15 is 0 Å². The molecule has 0 spiro atoms. The van der Waals surface area contributed by atoms with Crippen LogP contribution < -0.4 is 5.32 Å². The summed E-state index contributed by atoms with van der Waals surface area (Å²) < 4.78 is 0. The summed E-state index contributed by atoms with van der Waals surface area (Å²) in [5, 5.41) is 21.7. The molecule has 1 aromatic rings. The van der Waals surface area contributed by atoms with Gasteiger partial charge in [-0.25, -0.2) is 0 Å². The number of hydrogen-bond donors (Lipinski definition) is 1. The Morgan fingerprint density at radius 2 is 1.55 bits per heavy atom. The Hall–Kier alpha value is -2.78. The van der Waals surface area contributed by atoms with Gasteiger partial charge in [0.15, 0.2) is 0 Å². The summed E-state index contributed by atoms with van der Waals surface area (Å²) in [5.41, 5.74) is 3.87. The molecule has 1 heterocycles. The third-order valence-corrected chi connectivity index (χ3v) is 3.33. The van der Waals surface area contributed by atoms with Gasteiger partial charge in [-0.1, -0.05) is 42.5 Å². The van der Waals surface area contributed by atoms with Crippen molar-refractivity contribution in [3.63, 3.8) is 0 Å². The summed E-state index contributed by atoms with van der Waals surface area (Å²) in [6.45, 7) is 3.72. The van der Waals surface area contributed by atoms with E-state index in [2.05, 4.69) is 17.5 Å². The van der Waals surface area contributed by atoms with Crippen LogP contribution in [0.3, 0.4) is 0 Å². The summed E-state index contributed by atoms with van der Waals surface area (Å²) in [7, 11) is 0. The van der Waals surface area contributed by atoms with Crippen molar-refractivity contribution in [2.45, 2.75) is 13.8 Å². The van der Waals surface area contributed by atoms with Crippen LogP contribution in [0.25, 0.3) is 6.08 Å². The Kier molecular flexibility index (Phi) is 4.03. The maximum Gasteiger partial charge on any atom is 0.0975 e. The molecule has 0 bridgehead atoms. The van der Waals surface area contributed by atoms with E-state index < -0.39 is 0 Å². The molecule has 3 nitrogen and oxygen atoms in total. The predicted octanol–water partition coefficient (Wildman–Crippen LogP) is 3.51. The maximum atomic E-state index is 9.31. The molecule has 1 aromatic carbocycles. The predicted molar refractivity (Wildman–Crippen MR) is 78.7 cm³/mol. The van der Waals surface area contributed by atoms with Gasteiger partial charge in [0.25, 0.3) is 0 Å². The number of hydrogen-bond acceptors (Lipinski definition) is 3. The number of nitriles is 2. The second-order valence-electron chi connectivity index (χ2n) is 4.67. The van der Waals surface area contributed by atoms with Crippen molar-refractivity contribution in [2.75, 3.05) is 0 Å². The zero-order valence-electron chi connectivity index (χ0n) is 11.5. The second-order valence-corrected chi connectivity index (χ2v) is 4.67. The molecule has 0 saturated heterocycles. The first kappa shape index (κ1) is 13.6. The normalized spacial score (nSPS) is 16.0. The van der Waals surface area contributed by atoms with Crippen LogP contribution >= 0.6 is 0 Å². The topological polar surface area (TPSA) is 59.6 Å². The molecule has 0 aliphatic carbocycles. The number of benzene rings is 1. The number of dihydropyridines is 1. The molecule has 2 rings (SSSR count). The summed E-state index contributed by atoms with van der Waals surface area (Å²) in [4.78, 5) is 0. The molecule has 0 radical (unpaired) electrons. The number of nitrogens with one attached hydrogen (secondary N) is 1. The Morgan fingerprint density at radius 1 is 1.00 bits per heavy atom. The first-order chi connectivity index (χ1) is 9.67. The Balaban J connectivity index is 2.40. The van der Waals surface area contributed by atoms with Crippen molar-refractivity contribution in [2.24, 2.45) is 5.92 Å². The summed E-state index contributed by atoms with van der Waals surface area (Å²) in [6, 6.07) is 14.3. The highest BCUT2D eigenvalue weighted by Crippen LogP contribution is 2.30. The third-order valence-electron chi connectivity index (χ3n) is 3.33. The molecule has 1 N–H and O–H groups in total. The molecule has 3 heteroatoms. The largest absolute Gasteiger partial charge is 0.361 e. The second kappa shape index (κ2) is 5.91. The van der Waals surface area contributed by atoms with Gasteiger partial charge in [-0.05, 0) is 19.4 Å². The fourth-order valence-corrected chi connectivity index (χ4v) is 2.30. The summed E-state index contributed by atoms with van der Waals surface area (Å²) >= 11 is 0. The first-order valence-electron chi connectivity index (χ1n) is 6.39. The SMILES string of the molecule is CC1=C(C#N)C(/C=C/c2ccccc2)C(C#N)=C(C)N1. The van der Waals surface area contributed by atoms with Gasteiger partial charge >= 0.3 is 0 Å². The van der Waals surface area contributed by atoms with Crippen LogP contribution in [0, 0.1) is 28.6 Å². The van der Waals surface area contributed by atoms with Crippen LogP contribution in [0.2, 0.25) is 0 Å². The fourth-order valence-electron chi connectivity index (χ4n) is 2.30. The average molecular weight is 261 g/mol. The molecule has 0 atom stereocenters. The highest BCUT2D eigenvalue weighted by Gasteiger charge is 2.25.